The van der Waals surface area contributed by atoms with E-state index in [1.165, 1.54) is 12.8 Å². The van der Waals surface area contributed by atoms with Crippen LogP contribution in [0.3, 0.4) is 0 Å². The zero-order valence-corrected chi connectivity index (χ0v) is 13.0. The first kappa shape index (κ1) is 16.2. The molecule has 2 atom stereocenters. The smallest absolute Gasteiger partial charge is 0.321 e. The van der Waals surface area contributed by atoms with Crippen LogP contribution < -0.4 is 16.0 Å². The van der Waals surface area contributed by atoms with Crippen molar-refractivity contribution in [1.29, 1.82) is 0 Å². The summed E-state index contributed by atoms with van der Waals surface area (Å²) in [5.74, 6) is -0.200. The summed E-state index contributed by atoms with van der Waals surface area (Å²) < 4.78 is 0. The lowest BCUT2D eigenvalue weighted by atomic mass is 10.0. The topological polar surface area (TPSA) is 73.5 Å². The molecule has 2 aliphatic rings. The standard InChI is InChI=1S/C15H28N4O2/c1-2-3-8-17-15(21)18-14(20)11-19-10-5-7-13(19)12-6-4-9-16-12/h12-13,16H,2-11H2,1H3,(H2,17,18,20,21). The number of unbranched alkanes of at least 4 members (excludes halogenated alkanes) is 1. The van der Waals surface area contributed by atoms with Crippen LogP contribution in [0.2, 0.25) is 0 Å². The minimum atomic E-state index is -0.372. The van der Waals surface area contributed by atoms with Gasteiger partial charge in [-0.3, -0.25) is 15.0 Å². The van der Waals surface area contributed by atoms with Gasteiger partial charge >= 0.3 is 6.03 Å². The fraction of sp³-hybridized carbons (Fsp3) is 0.867. The minimum absolute atomic E-state index is 0.200. The molecule has 0 bridgehead atoms. The molecule has 6 heteroatoms. The van der Waals surface area contributed by atoms with Gasteiger partial charge in [-0.2, -0.15) is 0 Å². The van der Waals surface area contributed by atoms with Gasteiger partial charge in [-0.05, 0) is 45.2 Å². The van der Waals surface area contributed by atoms with E-state index in [4.69, 9.17) is 0 Å². The van der Waals surface area contributed by atoms with Crippen LogP contribution in [-0.2, 0) is 4.79 Å². The number of rotatable bonds is 6. The number of hydrogen-bond donors (Lipinski definition) is 3. The molecule has 0 aromatic rings. The maximum absolute atomic E-state index is 12.0. The minimum Gasteiger partial charge on any atom is -0.338 e. The molecule has 2 fully saturated rings. The third-order valence-corrected chi connectivity index (χ3v) is 4.39. The Kier molecular flexibility index (Phi) is 6.45. The number of carbonyl (C=O) groups excluding carboxylic acids is 2. The molecule has 120 valence electrons. The highest BCUT2D eigenvalue weighted by Gasteiger charge is 2.34. The van der Waals surface area contributed by atoms with Gasteiger partial charge in [-0.25, -0.2) is 4.79 Å². The normalized spacial score (nSPS) is 26.0. The quantitative estimate of drug-likeness (QED) is 0.635. The molecule has 3 amide bonds. The largest absolute Gasteiger partial charge is 0.338 e. The predicted molar refractivity (Wildman–Crippen MR) is 82.1 cm³/mol. The van der Waals surface area contributed by atoms with Crippen molar-refractivity contribution in [3.05, 3.63) is 0 Å². The fourth-order valence-electron chi connectivity index (χ4n) is 3.32. The van der Waals surface area contributed by atoms with Gasteiger partial charge in [0, 0.05) is 18.6 Å². The van der Waals surface area contributed by atoms with E-state index < -0.39 is 0 Å². The molecule has 2 heterocycles. The van der Waals surface area contributed by atoms with Crippen molar-refractivity contribution in [3.8, 4) is 0 Å². The van der Waals surface area contributed by atoms with Crippen molar-refractivity contribution < 1.29 is 9.59 Å². The Morgan fingerprint density at radius 3 is 2.86 bits per heavy atom. The van der Waals surface area contributed by atoms with E-state index in [1.54, 1.807) is 0 Å². The van der Waals surface area contributed by atoms with E-state index in [0.717, 1.165) is 38.8 Å². The summed E-state index contributed by atoms with van der Waals surface area (Å²) in [4.78, 5) is 25.8. The molecule has 21 heavy (non-hydrogen) atoms. The summed E-state index contributed by atoms with van der Waals surface area (Å²) in [6.07, 6.45) is 6.66. The van der Waals surface area contributed by atoms with Crippen LogP contribution >= 0.6 is 0 Å². The van der Waals surface area contributed by atoms with Gasteiger partial charge in [0.25, 0.3) is 0 Å². The molecule has 0 saturated carbocycles. The second-order valence-electron chi connectivity index (χ2n) is 6.04. The molecule has 0 aliphatic carbocycles. The van der Waals surface area contributed by atoms with Crippen LogP contribution in [0.25, 0.3) is 0 Å². The second-order valence-corrected chi connectivity index (χ2v) is 6.04. The van der Waals surface area contributed by atoms with E-state index in [0.29, 0.717) is 25.2 Å². The second kappa shape index (κ2) is 8.34. The number of carbonyl (C=O) groups is 2. The molecule has 6 nitrogen and oxygen atoms in total. The SMILES string of the molecule is CCCCNC(=O)NC(=O)CN1CCCC1C1CCCN1. The monoisotopic (exact) mass is 296 g/mol. The average Bonchev–Trinajstić information content (AvgIpc) is 3.09. The zero-order chi connectivity index (χ0) is 15.1. The number of amides is 3. The Morgan fingerprint density at radius 1 is 1.29 bits per heavy atom. The van der Waals surface area contributed by atoms with Gasteiger partial charge in [0.15, 0.2) is 0 Å². The molecular weight excluding hydrogens is 268 g/mol. The highest BCUT2D eigenvalue weighted by atomic mass is 16.2. The Balaban J connectivity index is 1.72. The van der Waals surface area contributed by atoms with Crippen LogP contribution in [0.1, 0.15) is 45.4 Å². The zero-order valence-electron chi connectivity index (χ0n) is 13.0. The molecule has 2 aliphatic heterocycles. The average molecular weight is 296 g/mol. The number of likely N-dealkylation sites (tertiary alicyclic amines) is 1. The van der Waals surface area contributed by atoms with Crippen molar-refractivity contribution in [3.63, 3.8) is 0 Å². The third-order valence-electron chi connectivity index (χ3n) is 4.39. The van der Waals surface area contributed by atoms with E-state index in [-0.39, 0.29) is 11.9 Å². The lowest BCUT2D eigenvalue weighted by Gasteiger charge is -2.28. The number of imide groups is 1. The maximum atomic E-state index is 12.0. The molecule has 2 rings (SSSR count). The first-order chi connectivity index (χ1) is 10.2. The summed E-state index contributed by atoms with van der Waals surface area (Å²) >= 11 is 0. The van der Waals surface area contributed by atoms with E-state index in [2.05, 4.69) is 27.8 Å². The molecule has 2 unspecified atom stereocenters. The summed E-state index contributed by atoms with van der Waals surface area (Å²) in [5, 5.41) is 8.65. The molecule has 3 N–H and O–H groups in total. The lowest BCUT2D eigenvalue weighted by molar-refractivity contribution is -0.121. The van der Waals surface area contributed by atoms with Crippen molar-refractivity contribution in [1.82, 2.24) is 20.9 Å². The fourth-order valence-corrected chi connectivity index (χ4v) is 3.32. The van der Waals surface area contributed by atoms with Crippen molar-refractivity contribution in [2.24, 2.45) is 0 Å². The van der Waals surface area contributed by atoms with Gasteiger partial charge in [0.2, 0.25) is 5.91 Å². The molecule has 2 saturated heterocycles. The summed E-state index contributed by atoms with van der Waals surface area (Å²) in [7, 11) is 0. The van der Waals surface area contributed by atoms with E-state index >= 15 is 0 Å². The van der Waals surface area contributed by atoms with Crippen LogP contribution in [-0.4, -0.2) is 55.1 Å². The maximum Gasteiger partial charge on any atom is 0.321 e. The Morgan fingerprint density at radius 2 is 2.14 bits per heavy atom. The van der Waals surface area contributed by atoms with Gasteiger partial charge < -0.3 is 10.6 Å². The van der Waals surface area contributed by atoms with Crippen molar-refractivity contribution in [2.45, 2.75) is 57.5 Å². The molecule has 0 aromatic carbocycles. The number of nitrogens with one attached hydrogen (secondary N) is 3. The van der Waals surface area contributed by atoms with E-state index in [9.17, 15) is 9.59 Å². The van der Waals surface area contributed by atoms with Crippen LogP contribution in [0, 0.1) is 0 Å². The van der Waals surface area contributed by atoms with Gasteiger partial charge in [0.05, 0.1) is 6.54 Å². The highest BCUT2D eigenvalue weighted by Crippen LogP contribution is 2.24. The lowest BCUT2D eigenvalue weighted by Crippen LogP contribution is -2.49. The number of hydrogen-bond acceptors (Lipinski definition) is 4. The van der Waals surface area contributed by atoms with Crippen LogP contribution in [0.4, 0.5) is 4.79 Å². The predicted octanol–water partition coefficient (Wildman–Crippen LogP) is 0.829. The molecule has 0 spiro atoms. The van der Waals surface area contributed by atoms with Crippen LogP contribution in [0.5, 0.6) is 0 Å². The van der Waals surface area contributed by atoms with Gasteiger partial charge in [-0.1, -0.05) is 13.3 Å². The Bertz CT molecular complexity index is 356. The Labute approximate surface area is 127 Å². The van der Waals surface area contributed by atoms with Gasteiger partial charge in [0.1, 0.15) is 0 Å². The Hall–Kier alpha value is -1.14. The summed E-state index contributed by atoms with van der Waals surface area (Å²) in [6, 6.07) is 0.586. The molecule has 0 radical (unpaired) electrons. The number of nitrogens with zero attached hydrogens (tertiary/aromatic N) is 1. The first-order valence-electron chi connectivity index (χ1n) is 8.26. The number of urea groups is 1. The van der Waals surface area contributed by atoms with E-state index in [1.807, 2.05) is 0 Å². The molecular formula is C15H28N4O2. The summed E-state index contributed by atoms with van der Waals surface area (Å²) in [5.41, 5.74) is 0. The first-order valence-corrected chi connectivity index (χ1v) is 8.26. The van der Waals surface area contributed by atoms with Crippen molar-refractivity contribution >= 4 is 11.9 Å². The van der Waals surface area contributed by atoms with Gasteiger partial charge in [-0.15, -0.1) is 0 Å². The van der Waals surface area contributed by atoms with Crippen molar-refractivity contribution in [2.75, 3.05) is 26.2 Å². The van der Waals surface area contributed by atoms with Crippen LogP contribution in [0.15, 0.2) is 0 Å². The highest BCUT2D eigenvalue weighted by molar-refractivity contribution is 5.95. The summed E-state index contributed by atoms with van der Waals surface area (Å²) in [6.45, 7) is 5.04. The molecule has 0 aromatic heterocycles. The third kappa shape index (κ3) is 4.97.